The van der Waals surface area contributed by atoms with Gasteiger partial charge in [-0.1, -0.05) is 19.1 Å². The van der Waals surface area contributed by atoms with E-state index in [9.17, 15) is 8.42 Å². The number of nitrogens with zero attached hydrogens (tertiary/aromatic N) is 1. The molecule has 0 amide bonds. The van der Waals surface area contributed by atoms with E-state index in [2.05, 4.69) is 5.32 Å². The van der Waals surface area contributed by atoms with Crippen molar-refractivity contribution in [2.24, 2.45) is 0 Å². The summed E-state index contributed by atoms with van der Waals surface area (Å²) in [6, 6.07) is 6.52. The van der Waals surface area contributed by atoms with Gasteiger partial charge < -0.3 is 5.32 Å². The Morgan fingerprint density at radius 2 is 2.31 bits per heavy atom. The van der Waals surface area contributed by atoms with Crippen LogP contribution in [-0.4, -0.2) is 20.2 Å². The maximum atomic E-state index is 11.9. The summed E-state index contributed by atoms with van der Waals surface area (Å²) in [6.45, 7) is 1.96. The fourth-order valence-electron chi connectivity index (χ4n) is 1.89. The van der Waals surface area contributed by atoms with Crippen LogP contribution in [0.15, 0.2) is 23.1 Å². The fraction of sp³-hybridized carbons (Fsp3) is 0.364. The van der Waals surface area contributed by atoms with Gasteiger partial charge in [-0.2, -0.15) is 5.26 Å². The molecule has 1 aliphatic rings. The molecule has 1 aromatic carbocycles. The molecule has 16 heavy (non-hydrogen) atoms. The van der Waals surface area contributed by atoms with Crippen molar-refractivity contribution in [2.45, 2.75) is 24.3 Å². The van der Waals surface area contributed by atoms with Gasteiger partial charge in [-0.3, -0.25) is 0 Å². The molecule has 1 aromatic rings. The van der Waals surface area contributed by atoms with Gasteiger partial charge in [0.25, 0.3) is 0 Å². The molecule has 0 aliphatic carbocycles. The molecule has 1 aliphatic heterocycles. The van der Waals surface area contributed by atoms with E-state index in [1.165, 1.54) is 0 Å². The zero-order chi connectivity index (χ0) is 11.8. The van der Waals surface area contributed by atoms with Crippen molar-refractivity contribution in [3.05, 3.63) is 23.8 Å². The highest BCUT2D eigenvalue weighted by atomic mass is 32.2. The number of rotatable bonds is 1. The Labute approximate surface area is 94.8 Å². The van der Waals surface area contributed by atoms with Crippen LogP contribution in [0, 0.1) is 11.3 Å². The molecule has 0 fully saturated rings. The number of para-hydroxylation sites is 1. The van der Waals surface area contributed by atoms with Gasteiger partial charge in [-0.15, -0.1) is 0 Å². The summed E-state index contributed by atoms with van der Waals surface area (Å²) in [5.41, 5.74) is 1.53. The topological polar surface area (TPSA) is 70.0 Å². The number of nitriles is 1. The molecule has 0 saturated heterocycles. The van der Waals surface area contributed by atoms with Gasteiger partial charge in [0, 0.05) is 0 Å². The number of benzene rings is 1. The van der Waals surface area contributed by atoms with Gasteiger partial charge in [0.05, 0.1) is 22.4 Å². The number of sulfone groups is 1. The number of anilines is 1. The first-order chi connectivity index (χ1) is 7.58. The number of nitrogens with one attached hydrogen (secondary N) is 1. The number of hydrogen-bond acceptors (Lipinski definition) is 4. The largest absolute Gasteiger partial charge is 0.368 e. The first kappa shape index (κ1) is 11.0. The van der Waals surface area contributed by atoms with E-state index in [0.717, 1.165) is 12.0 Å². The molecular weight excluding hydrogens is 224 g/mol. The molecule has 1 heterocycles. The Bertz CT molecular complexity index is 558. The summed E-state index contributed by atoms with van der Waals surface area (Å²) in [6.07, 6.45) is 0.740. The molecule has 84 valence electrons. The van der Waals surface area contributed by atoms with E-state index in [1.54, 1.807) is 12.1 Å². The quantitative estimate of drug-likeness (QED) is 0.798. The van der Waals surface area contributed by atoms with Crippen molar-refractivity contribution in [3.63, 3.8) is 0 Å². The molecule has 4 nitrogen and oxygen atoms in total. The summed E-state index contributed by atoms with van der Waals surface area (Å²) in [5.74, 6) is -0.149. The average Bonchev–Trinajstić information content (AvgIpc) is 2.27. The van der Waals surface area contributed by atoms with Crippen LogP contribution in [-0.2, 0) is 16.3 Å². The molecule has 0 radical (unpaired) electrons. The van der Waals surface area contributed by atoms with Crippen LogP contribution in [0.4, 0.5) is 5.69 Å². The lowest BCUT2D eigenvalue weighted by atomic mass is 10.1. The van der Waals surface area contributed by atoms with Crippen molar-refractivity contribution in [2.75, 3.05) is 11.1 Å². The molecule has 5 heteroatoms. The van der Waals surface area contributed by atoms with Crippen LogP contribution in [0.2, 0.25) is 0 Å². The second kappa shape index (κ2) is 3.80. The second-order valence-corrected chi connectivity index (χ2v) is 5.75. The minimum absolute atomic E-state index is 0.149. The van der Waals surface area contributed by atoms with E-state index in [0.29, 0.717) is 10.6 Å². The maximum absolute atomic E-state index is 11.9. The third-order valence-electron chi connectivity index (χ3n) is 2.69. The average molecular weight is 236 g/mol. The lowest BCUT2D eigenvalue weighted by molar-refractivity contribution is 0.591. The maximum Gasteiger partial charge on any atom is 0.183 e. The van der Waals surface area contributed by atoms with Crippen molar-refractivity contribution in [1.82, 2.24) is 0 Å². The fourth-order valence-corrected chi connectivity index (χ4v) is 3.45. The standard InChI is InChI=1S/C11H12N2O2S/c1-2-8-4-3-5-10-11(8)13-9(6-12)7-16(10,14)15/h3-5,9,13H,2,7H2,1H3. The summed E-state index contributed by atoms with van der Waals surface area (Å²) in [7, 11) is -3.32. The Hall–Kier alpha value is -1.54. The Kier molecular flexibility index (Phi) is 2.60. The van der Waals surface area contributed by atoms with Gasteiger partial charge in [-0.25, -0.2) is 8.42 Å². The summed E-state index contributed by atoms with van der Waals surface area (Å²) >= 11 is 0. The molecule has 1 unspecified atom stereocenters. The molecule has 1 N–H and O–H groups in total. The minimum atomic E-state index is -3.32. The highest BCUT2D eigenvalue weighted by Crippen LogP contribution is 2.31. The third kappa shape index (κ3) is 1.65. The van der Waals surface area contributed by atoms with Crippen LogP contribution in [0.25, 0.3) is 0 Å². The number of hydrogen-bond donors (Lipinski definition) is 1. The zero-order valence-corrected chi connectivity index (χ0v) is 9.71. The van der Waals surface area contributed by atoms with E-state index < -0.39 is 15.9 Å². The lowest BCUT2D eigenvalue weighted by Gasteiger charge is -2.24. The van der Waals surface area contributed by atoms with Crippen LogP contribution in [0.1, 0.15) is 12.5 Å². The van der Waals surface area contributed by atoms with Crippen molar-refractivity contribution < 1.29 is 8.42 Å². The van der Waals surface area contributed by atoms with Gasteiger partial charge in [0.1, 0.15) is 6.04 Å². The minimum Gasteiger partial charge on any atom is -0.368 e. The van der Waals surface area contributed by atoms with Crippen LogP contribution < -0.4 is 5.32 Å². The molecule has 1 atom stereocenters. The predicted octanol–water partition coefficient (Wildman–Crippen LogP) is 1.34. The van der Waals surface area contributed by atoms with E-state index in [-0.39, 0.29) is 5.75 Å². The highest BCUT2D eigenvalue weighted by Gasteiger charge is 2.30. The predicted molar refractivity (Wildman–Crippen MR) is 60.9 cm³/mol. The van der Waals surface area contributed by atoms with E-state index in [4.69, 9.17) is 5.26 Å². The SMILES string of the molecule is CCc1cccc2c1NC(C#N)CS2(=O)=O. The first-order valence-electron chi connectivity index (χ1n) is 5.09. The van der Waals surface area contributed by atoms with Gasteiger partial charge in [0.2, 0.25) is 0 Å². The third-order valence-corrected chi connectivity index (χ3v) is 4.47. The summed E-state index contributed by atoms with van der Waals surface area (Å²) < 4.78 is 23.8. The normalized spacial score (nSPS) is 21.6. The van der Waals surface area contributed by atoms with E-state index >= 15 is 0 Å². The summed E-state index contributed by atoms with van der Waals surface area (Å²) in [5, 5.41) is 11.8. The summed E-state index contributed by atoms with van der Waals surface area (Å²) in [4.78, 5) is 0.318. The number of aryl methyl sites for hydroxylation is 1. The van der Waals surface area contributed by atoms with Gasteiger partial charge >= 0.3 is 0 Å². The molecule has 0 aromatic heterocycles. The van der Waals surface area contributed by atoms with Crippen LogP contribution in [0.3, 0.4) is 0 Å². The van der Waals surface area contributed by atoms with Crippen molar-refractivity contribution in [1.29, 1.82) is 5.26 Å². The van der Waals surface area contributed by atoms with Crippen LogP contribution in [0.5, 0.6) is 0 Å². The molecule has 0 spiro atoms. The van der Waals surface area contributed by atoms with Crippen LogP contribution >= 0.6 is 0 Å². The van der Waals surface area contributed by atoms with Crippen molar-refractivity contribution in [3.8, 4) is 6.07 Å². The monoisotopic (exact) mass is 236 g/mol. The molecule has 2 rings (SSSR count). The Morgan fingerprint density at radius 3 is 2.94 bits per heavy atom. The molecular formula is C11H12N2O2S. The van der Waals surface area contributed by atoms with Gasteiger partial charge in [-0.05, 0) is 18.1 Å². The smallest absolute Gasteiger partial charge is 0.183 e. The molecule has 0 saturated carbocycles. The number of fused-ring (bicyclic) bond motifs is 1. The molecule has 0 bridgehead atoms. The van der Waals surface area contributed by atoms with Crippen molar-refractivity contribution >= 4 is 15.5 Å². The Morgan fingerprint density at radius 1 is 1.56 bits per heavy atom. The van der Waals surface area contributed by atoms with Gasteiger partial charge in [0.15, 0.2) is 9.84 Å². The second-order valence-electron chi connectivity index (χ2n) is 3.75. The zero-order valence-electron chi connectivity index (χ0n) is 8.90. The lowest BCUT2D eigenvalue weighted by Crippen LogP contribution is -2.33. The van der Waals surface area contributed by atoms with E-state index in [1.807, 2.05) is 19.1 Å². The Balaban J connectivity index is 2.65. The highest BCUT2D eigenvalue weighted by molar-refractivity contribution is 7.91. The first-order valence-corrected chi connectivity index (χ1v) is 6.74.